The van der Waals surface area contributed by atoms with E-state index in [0.717, 1.165) is 11.3 Å². The predicted molar refractivity (Wildman–Crippen MR) is 82.2 cm³/mol. The minimum Gasteiger partial charge on any atom is -0.380 e. The average molecular weight is 297 g/mol. The number of nitrogens with zero attached hydrogens (tertiary/aromatic N) is 5. The standard InChI is InChI=1S/C16H19N5O/c1-12(2)21-9-8-14(19-21)10-20-11-17-18-16(20)15(22)13-6-4-3-5-7-13/h3-9,11-12,15,22H,10H2,1-2H3/t15-/m0/s1. The minimum absolute atomic E-state index is 0.323. The Balaban J connectivity index is 1.82. The highest BCUT2D eigenvalue weighted by Crippen LogP contribution is 2.20. The molecule has 0 bridgehead atoms. The van der Waals surface area contributed by atoms with Gasteiger partial charge in [0.2, 0.25) is 0 Å². The minimum atomic E-state index is -0.795. The first-order chi connectivity index (χ1) is 10.6. The molecule has 0 fully saturated rings. The maximum absolute atomic E-state index is 10.5. The SMILES string of the molecule is CC(C)n1ccc(Cn2cnnc2[C@@H](O)c2ccccc2)n1. The van der Waals surface area contributed by atoms with Crippen molar-refractivity contribution >= 4 is 0 Å². The maximum Gasteiger partial charge on any atom is 0.166 e. The van der Waals surface area contributed by atoms with E-state index < -0.39 is 6.10 Å². The summed E-state index contributed by atoms with van der Waals surface area (Å²) < 4.78 is 3.73. The molecule has 0 aliphatic rings. The van der Waals surface area contributed by atoms with Crippen molar-refractivity contribution in [2.45, 2.75) is 32.5 Å². The van der Waals surface area contributed by atoms with Gasteiger partial charge in [0.15, 0.2) is 5.82 Å². The molecule has 3 rings (SSSR count). The van der Waals surface area contributed by atoms with Crippen LogP contribution in [0.1, 0.15) is 43.1 Å². The number of rotatable bonds is 5. The van der Waals surface area contributed by atoms with Crippen molar-refractivity contribution in [1.82, 2.24) is 24.5 Å². The Bertz CT molecular complexity index is 732. The highest BCUT2D eigenvalue weighted by atomic mass is 16.3. The van der Waals surface area contributed by atoms with Crippen LogP contribution in [0.2, 0.25) is 0 Å². The van der Waals surface area contributed by atoms with Gasteiger partial charge in [0, 0.05) is 12.2 Å². The number of aliphatic hydroxyl groups excluding tert-OH is 1. The summed E-state index contributed by atoms with van der Waals surface area (Å²) >= 11 is 0. The van der Waals surface area contributed by atoms with Crippen molar-refractivity contribution in [2.24, 2.45) is 0 Å². The molecule has 2 heterocycles. The molecule has 0 spiro atoms. The second-order valence-electron chi connectivity index (χ2n) is 5.51. The zero-order valence-electron chi connectivity index (χ0n) is 12.7. The summed E-state index contributed by atoms with van der Waals surface area (Å²) in [6.45, 7) is 4.70. The third kappa shape index (κ3) is 2.92. The third-order valence-electron chi connectivity index (χ3n) is 3.53. The molecule has 1 atom stereocenters. The Hall–Kier alpha value is -2.47. The van der Waals surface area contributed by atoms with Crippen LogP contribution < -0.4 is 0 Å². The molecule has 114 valence electrons. The average Bonchev–Trinajstić information content (AvgIpc) is 3.17. The molecule has 0 amide bonds. The van der Waals surface area contributed by atoms with Gasteiger partial charge in [0.1, 0.15) is 12.4 Å². The number of hydrogen-bond acceptors (Lipinski definition) is 4. The molecular formula is C16H19N5O. The summed E-state index contributed by atoms with van der Waals surface area (Å²) in [6.07, 6.45) is 2.78. The first kappa shape index (κ1) is 14.5. The lowest BCUT2D eigenvalue weighted by Crippen LogP contribution is -2.11. The molecule has 1 N–H and O–H groups in total. The topological polar surface area (TPSA) is 68.8 Å². The molecule has 6 heteroatoms. The Kier molecular flexibility index (Phi) is 4.02. The van der Waals surface area contributed by atoms with Crippen LogP contribution in [0.4, 0.5) is 0 Å². The van der Waals surface area contributed by atoms with Crippen LogP contribution in [-0.4, -0.2) is 29.7 Å². The third-order valence-corrected chi connectivity index (χ3v) is 3.53. The Morgan fingerprint density at radius 2 is 1.91 bits per heavy atom. The monoisotopic (exact) mass is 297 g/mol. The largest absolute Gasteiger partial charge is 0.380 e. The number of hydrogen-bond donors (Lipinski definition) is 1. The Morgan fingerprint density at radius 1 is 1.14 bits per heavy atom. The molecule has 6 nitrogen and oxygen atoms in total. The molecule has 1 aromatic carbocycles. The van der Waals surface area contributed by atoms with E-state index in [4.69, 9.17) is 0 Å². The molecule has 0 saturated carbocycles. The van der Waals surface area contributed by atoms with Crippen molar-refractivity contribution in [1.29, 1.82) is 0 Å². The maximum atomic E-state index is 10.5. The number of benzene rings is 1. The van der Waals surface area contributed by atoms with E-state index in [-0.39, 0.29) is 0 Å². The van der Waals surface area contributed by atoms with E-state index in [0.29, 0.717) is 18.4 Å². The zero-order valence-corrected chi connectivity index (χ0v) is 12.7. The summed E-state index contributed by atoms with van der Waals surface area (Å²) in [6, 6.07) is 11.7. The molecule has 0 aliphatic carbocycles. The van der Waals surface area contributed by atoms with Gasteiger partial charge in [0.05, 0.1) is 12.2 Å². The number of aromatic nitrogens is 5. The summed E-state index contributed by atoms with van der Waals surface area (Å²) in [7, 11) is 0. The van der Waals surface area contributed by atoms with Crippen molar-refractivity contribution in [2.75, 3.05) is 0 Å². The Morgan fingerprint density at radius 3 is 2.59 bits per heavy atom. The molecule has 3 aromatic rings. The quantitative estimate of drug-likeness (QED) is 0.783. The highest BCUT2D eigenvalue weighted by molar-refractivity contribution is 5.22. The van der Waals surface area contributed by atoms with Gasteiger partial charge in [-0.15, -0.1) is 10.2 Å². The van der Waals surface area contributed by atoms with Gasteiger partial charge in [-0.25, -0.2) is 0 Å². The van der Waals surface area contributed by atoms with E-state index in [1.54, 1.807) is 6.33 Å². The van der Waals surface area contributed by atoms with Gasteiger partial charge in [0.25, 0.3) is 0 Å². The van der Waals surface area contributed by atoms with Crippen LogP contribution >= 0.6 is 0 Å². The van der Waals surface area contributed by atoms with Crippen molar-refractivity contribution in [3.8, 4) is 0 Å². The first-order valence-corrected chi connectivity index (χ1v) is 7.30. The molecule has 2 aromatic heterocycles. The van der Waals surface area contributed by atoms with Gasteiger partial charge in [-0.3, -0.25) is 4.68 Å². The summed E-state index contributed by atoms with van der Waals surface area (Å²) in [5.41, 5.74) is 1.71. The molecule has 0 unspecified atom stereocenters. The molecule has 0 aliphatic heterocycles. The predicted octanol–water partition coefficient (Wildman–Crippen LogP) is 2.19. The van der Waals surface area contributed by atoms with E-state index in [1.165, 1.54) is 0 Å². The fourth-order valence-corrected chi connectivity index (χ4v) is 2.31. The Labute approximate surface area is 129 Å². The summed E-state index contributed by atoms with van der Waals surface area (Å²) in [5, 5.41) is 23.0. The molecule has 0 saturated heterocycles. The normalized spacial score (nSPS) is 12.7. The van der Waals surface area contributed by atoms with E-state index in [9.17, 15) is 5.11 Å². The fourth-order valence-electron chi connectivity index (χ4n) is 2.31. The van der Waals surface area contributed by atoms with Crippen LogP contribution in [0.3, 0.4) is 0 Å². The summed E-state index contributed by atoms with van der Waals surface area (Å²) in [4.78, 5) is 0. The lowest BCUT2D eigenvalue weighted by atomic mass is 10.1. The molecule has 22 heavy (non-hydrogen) atoms. The van der Waals surface area contributed by atoms with Gasteiger partial charge >= 0.3 is 0 Å². The first-order valence-electron chi connectivity index (χ1n) is 7.30. The van der Waals surface area contributed by atoms with E-state index in [2.05, 4.69) is 29.1 Å². The van der Waals surface area contributed by atoms with Crippen LogP contribution in [0.15, 0.2) is 48.9 Å². The van der Waals surface area contributed by atoms with Gasteiger partial charge in [-0.2, -0.15) is 5.10 Å². The molecular weight excluding hydrogens is 278 g/mol. The van der Waals surface area contributed by atoms with Crippen LogP contribution in [0.5, 0.6) is 0 Å². The van der Waals surface area contributed by atoms with Crippen LogP contribution in [0.25, 0.3) is 0 Å². The smallest absolute Gasteiger partial charge is 0.166 e. The van der Waals surface area contributed by atoms with E-state index >= 15 is 0 Å². The fraction of sp³-hybridized carbons (Fsp3) is 0.312. The second kappa shape index (κ2) is 6.11. The van der Waals surface area contributed by atoms with E-state index in [1.807, 2.05) is 51.8 Å². The van der Waals surface area contributed by atoms with Crippen molar-refractivity contribution in [3.63, 3.8) is 0 Å². The lowest BCUT2D eigenvalue weighted by Gasteiger charge is -2.11. The highest BCUT2D eigenvalue weighted by Gasteiger charge is 2.17. The molecule has 0 radical (unpaired) electrons. The second-order valence-corrected chi connectivity index (χ2v) is 5.51. The van der Waals surface area contributed by atoms with Crippen molar-refractivity contribution < 1.29 is 5.11 Å². The van der Waals surface area contributed by atoms with Crippen LogP contribution in [-0.2, 0) is 6.54 Å². The van der Waals surface area contributed by atoms with Gasteiger partial charge < -0.3 is 9.67 Å². The van der Waals surface area contributed by atoms with Gasteiger partial charge in [-0.05, 0) is 25.5 Å². The van der Waals surface area contributed by atoms with Gasteiger partial charge in [-0.1, -0.05) is 30.3 Å². The van der Waals surface area contributed by atoms with Crippen LogP contribution in [0, 0.1) is 0 Å². The number of aliphatic hydroxyl groups is 1. The summed E-state index contributed by atoms with van der Waals surface area (Å²) in [5.74, 6) is 0.519. The zero-order chi connectivity index (χ0) is 15.5. The lowest BCUT2D eigenvalue weighted by molar-refractivity contribution is 0.204. The van der Waals surface area contributed by atoms with Crippen molar-refractivity contribution in [3.05, 3.63) is 66.0 Å².